The molecule has 0 saturated heterocycles. The van der Waals surface area contributed by atoms with Crippen LogP contribution in [0.3, 0.4) is 0 Å². The summed E-state index contributed by atoms with van der Waals surface area (Å²) in [5.41, 5.74) is 2.27. The molecule has 1 radical (unpaired) electrons. The summed E-state index contributed by atoms with van der Waals surface area (Å²) < 4.78 is 0. The minimum atomic E-state index is -0.150. The van der Waals surface area contributed by atoms with Crippen molar-refractivity contribution in [2.45, 2.75) is 19.8 Å². The lowest BCUT2D eigenvalue weighted by molar-refractivity contribution is -0.116. The first-order valence-electron chi connectivity index (χ1n) is 4.78. The molecule has 0 spiro atoms. The number of amides is 2. The van der Waals surface area contributed by atoms with Crippen molar-refractivity contribution >= 4 is 23.2 Å². The van der Waals surface area contributed by atoms with Crippen LogP contribution in [0.4, 0.5) is 11.4 Å². The molecule has 1 aromatic rings. The highest BCUT2D eigenvalue weighted by Gasteiger charge is 2.17. The number of anilines is 2. The van der Waals surface area contributed by atoms with Gasteiger partial charge < -0.3 is 10.6 Å². The Labute approximate surface area is 87.7 Å². The molecule has 0 bridgehead atoms. The van der Waals surface area contributed by atoms with Gasteiger partial charge in [-0.25, -0.2) is 0 Å². The fraction of sp³-hybridized carbons (Fsp3) is 0.273. The molecule has 0 saturated carbocycles. The fourth-order valence-electron chi connectivity index (χ4n) is 1.62. The fourth-order valence-corrected chi connectivity index (χ4v) is 1.62. The van der Waals surface area contributed by atoms with Gasteiger partial charge in [0.2, 0.25) is 11.8 Å². The summed E-state index contributed by atoms with van der Waals surface area (Å²) in [6, 6.07) is 6.54. The number of fused-ring (bicyclic) bond motifs is 1. The number of aryl methyl sites for hydroxylation is 1. The number of benzene rings is 1. The third kappa shape index (κ3) is 1.98. The molecule has 4 heteroatoms. The number of nitrogens with one attached hydrogen (secondary N) is 2. The predicted molar refractivity (Wildman–Crippen MR) is 56.5 cm³/mol. The number of carbonyl (C=O) groups is 2. The second-order valence-corrected chi connectivity index (χ2v) is 3.47. The zero-order valence-corrected chi connectivity index (χ0v) is 8.39. The minimum absolute atomic E-state index is 0.0197. The molecule has 2 rings (SSSR count). The summed E-state index contributed by atoms with van der Waals surface area (Å²) >= 11 is 0. The second-order valence-electron chi connectivity index (χ2n) is 3.47. The molecule has 77 valence electrons. The quantitative estimate of drug-likeness (QED) is 0.723. The Morgan fingerprint density at radius 3 is 3.07 bits per heavy atom. The summed E-state index contributed by atoms with van der Waals surface area (Å²) in [4.78, 5) is 22.2. The third-order valence-electron chi connectivity index (χ3n) is 2.26. The van der Waals surface area contributed by atoms with E-state index < -0.39 is 0 Å². The maximum atomic E-state index is 11.2. The number of hydrogen-bond donors (Lipinski definition) is 2. The summed E-state index contributed by atoms with van der Waals surface area (Å²) in [6.45, 7) is 1.44. The SMILES string of the molecule is CC(=O)Nc1cc[c]c2c1NC(=O)CC2. The Bertz CT molecular complexity index is 427. The van der Waals surface area contributed by atoms with Gasteiger partial charge in [0.15, 0.2) is 0 Å². The van der Waals surface area contributed by atoms with Gasteiger partial charge in [-0.15, -0.1) is 0 Å². The van der Waals surface area contributed by atoms with E-state index in [4.69, 9.17) is 0 Å². The Morgan fingerprint density at radius 2 is 2.33 bits per heavy atom. The van der Waals surface area contributed by atoms with Crippen molar-refractivity contribution in [3.8, 4) is 0 Å². The molecule has 0 aliphatic carbocycles. The van der Waals surface area contributed by atoms with Gasteiger partial charge in [-0.1, -0.05) is 6.07 Å². The van der Waals surface area contributed by atoms with E-state index in [1.54, 1.807) is 12.1 Å². The van der Waals surface area contributed by atoms with Crippen LogP contribution in [-0.4, -0.2) is 11.8 Å². The Balaban J connectivity index is 2.39. The summed E-state index contributed by atoms with van der Waals surface area (Å²) in [5.74, 6) is -0.170. The van der Waals surface area contributed by atoms with E-state index >= 15 is 0 Å². The van der Waals surface area contributed by atoms with Crippen molar-refractivity contribution in [3.05, 3.63) is 23.8 Å². The zero-order chi connectivity index (χ0) is 10.8. The van der Waals surface area contributed by atoms with E-state index in [0.29, 0.717) is 24.2 Å². The highest BCUT2D eigenvalue weighted by atomic mass is 16.2. The molecule has 0 atom stereocenters. The Morgan fingerprint density at radius 1 is 1.53 bits per heavy atom. The molecule has 1 aromatic carbocycles. The lowest BCUT2D eigenvalue weighted by Crippen LogP contribution is -2.21. The van der Waals surface area contributed by atoms with Crippen LogP contribution < -0.4 is 10.6 Å². The lowest BCUT2D eigenvalue weighted by atomic mass is 10.0. The van der Waals surface area contributed by atoms with Crippen molar-refractivity contribution in [1.82, 2.24) is 0 Å². The Hall–Kier alpha value is -1.84. The van der Waals surface area contributed by atoms with Gasteiger partial charge in [0.25, 0.3) is 0 Å². The smallest absolute Gasteiger partial charge is 0.224 e. The lowest BCUT2D eigenvalue weighted by Gasteiger charge is -2.19. The number of hydrogen-bond acceptors (Lipinski definition) is 2. The van der Waals surface area contributed by atoms with Crippen molar-refractivity contribution < 1.29 is 9.59 Å². The van der Waals surface area contributed by atoms with Gasteiger partial charge in [0.05, 0.1) is 11.4 Å². The average molecular weight is 203 g/mol. The first-order chi connectivity index (χ1) is 7.16. The van der Waals surface area contributed by atoms with Crippen LogP contribution in [0.2, 0.25) is 0 Å². The van der Waals surface area contributed by atoms with Crippen molar-refractivity contribution in [2.24, 2.45) is 0 Å². The summed E-state index contributed by atoms with van der Waals surface area (Å²) in [6.07, 6.45) is 1.15. The van der Waals surface area contributed by atoms with E-state index in [1.165, 1.54) is 6.92 Å². The largest absolute Gasteiger partial charge is 0.325 e. The molecule has 4 nitrogen and oxygen atoms in total. The van der Waals surface area contributed by atoms with Crippen LogP contribution in [-0.2, 0) is 16.0 Å². The minimum Gasteiger partial charge on any atom is -0.325 e. The normalized spacial score (nSPS) is 14.1. The van der Waals surface area contributed by atoms with Crippen LogP contribution in [0.15, 0.2) is 12.1 Å². The first-order valence-corrected chi connectivity index (χ1v) is 4.78. The molecule has 15 heavy (non-hydrogen) atoms. The highest BCUT2D eigenvalue weighted by molar-refractivity contribution is 6.01. The molecule has 0 aromatic heterocycles. The van der Waals surface area contributed by atoms with E-state index in [0.717, 1.165) is 5.56 Å². The van der Waals surface area contributed by atoms with E-state index in [9.17, 15) is 9.59 Å². The van der Waals surface area contributed by atoms with Gasteiger partial charge in [0, 0.05) is 13.3 Å². The van der Waals surface area contributed by atoms with Gasteiger partial charge in [0.1, 0.15) is 0 Å². The average Bonchev–Trinajstić information content (AvgIpc) is 2.18. The molecule has 1 heterocycles. The van der Waals surface area contributed by atoms with Crippen LogP contribution in [0.25, 0.3) is 0 Å². The predicted octanol–water partition coefficient (Wildman–Crippen LogP) is 1.33. The molecular formula is C11H11N2O2. The third-order valence-corrected chi connectivity index (χ3v) is 2.26. The van der Waals surface area contributed by atoms with E-state index in [1.807, 2.05) is 0 Å². The van der Waals surface area contributed by atoms with Crippen molar-refractivity contribution in [3.63, 3.8) is 0 Å². The summed E-state index contributed by atoms with van der Waals surface area (Å²) in [5, 5.41) is 5.43. The Kier molecular flexibility index (Phi) is 2.41. The van der Waals surface area contributed by atoms with Gasteiger partial charge in [-0.3, -0.25) is 9.59 Å². The van der Waals surface area contributed by atoms with Gasteiger partial charge in [-0.2, -0.15) is 0 Å². The second kappa shape index (κ2) is 3.73. The van der Waals surface area contributed by atoms with E-state index in [2.05, 4.69) is 16.7 Å². The molecular weight excluding hydrogens is 192 g/mol. The standard InChI is InChI=1S/C11H11N2O2/c1-7(14)12-9-4-2-3-8-5-6-10(15)13-11(8)9/h2,4H,5-6H2,1H3,(H,12,14)(H,13,15). The van der Waals surface area contributed by atoms with Gasteiger partial charge >= 0.3 is 0 Å². The highest BCUT2D eigenvalue weighted by Crippen LogP contribution is 2.29. The van der Waals surface area contributed by atoms with Crippen LogP contribution >= 0.6 is 0 Å². The monoisotopic (exact) mass is 203 g/mol. The van der Waals surface area contributed by atoms with Crippen LogP contribution in [0.1, 0.15) is 18.9 Å². The van der Waals surface area contributed by atoms with Gasteiger partial charge in [-0.05, 0) is 24.1 Å². The number of carbonyl (C=O) groups excluding carboxylic acids is 2. The van der Waals surface area contributed by atoms with E-state index in [-0.39, 0.29) is 11.8 Å². The molecule has 1 aliphatic heterocycles. The molecule has 1 aliphatic rings. The molecule has 0 unspecified atom stereocenters. The summed E-state index contributed by atoms with van der Waals surface area (Å²) in [7, 11) is 0. The topological polar surface area (TPSA) is 58.2 Å². The molecule has 2 amide bonds. The van der Waals surface area contributed by atoms with Crippen LogP contribution in [0.5, 0.6) is 0 Å². The number of rotatable bonds is 1. The zero-order valence-electron chi connectivity index (χ0n) is 8.39. The van der Waals surface area contributed by atoms with Crippen molar-refractivity contribution in [2.75, 3.05) is 10.6 Å². The van der Waals surface area contributed by atoms with Crippen molar-refractivity contribution in [1.29, 1.82) is 0 Å². The van der Waals surface area contributed by atoms with Crippen LogP contribution in [0, 0.1) is 6.07 Å². The molecule has 2 N–H and O–H groups in total. The maximum Gasteiger partial charge on any atom is 0.224 e. The maximum absolute atomic E-state index is 11.2. The molecule has 0 fully saturated rings. The first kappa shape index (κ1) is 9.71.